The SMILES string of the molecule is COC(c1ccccc1)[CH]([Hg][O]C(C)=O)C(=O)c1ccc(Br)cc1. The first-order valence-corrected chi connectivity index (χ1v) is 13.7. The Hall–Kier alpha value is -1.04. The molecule has 122 valence electrons. The molecule has 0 aliphatic rings. The van der Waals surface area contributed by atoms with Crippen LogP contribution in [0.1, 0.15) is 28.9 Å². The molecule has 4 nitrogen and oxygen atoms in total. The molecule has 0 N–H and O–H groups in total. The van der Waals surface area contributed by atoms with Gasteiger partial charge in [0, 0.05) is 0 Å². The molecule has 0 saturated heterocycles. The Labute approximate surface area is 162 Å². The van der Waals surface area contributed by atoms with Gasteiger partial charge in [0.25, 0.3) is 0 Å². The molecule has 0 aliphatic heterocycles. The van der Waals surface area contributed by atoms with E-state index < -0.39 is 34.6 Å². The van der Waals surface area contributed by atoms with E-state index in [4.69, 9.17) is 7.38 Å². The van der Waals surface area contributed by atoms with Crippen LogP contribution in [0, 0.1) is 0 Å². The third-order valence-electron chi connectivity index (χ3n) is 3.68. The molecule has 6 heteroatoms. The standard InChI is InChI=1S/C16H14BrO2.C2H4O2.Hg/c1-19-16(13-5-3-2-4-6-13)11-15(18)12-7-9-14(17)10-8-12;1-2(3)4;/h2-11,16H,1H3;1H3,(H,3,4);/q;;+1/p-1. The maximum atomic E-state index is 13.0. The second-order valence-corrected chi connectivity index (χ2v) is 12.1. The van der Waals surface area contributed by atoms with Gasteiger partial charge >= 0.3 is 163 Å². The fourth-order valence-electron chi connectivity index (χ4n) is 2.51. The average molecular weight is 578 g/mol. The van der Waals surface area contributed by atoms with Gasteiger partial charge in [-0.3, -0.25) is 0 Å². The van der Waals surface area contributed by atoms with Crippen molar-refractivity contribution in [1.29, 1.82) is 0 Å². The molecule has 0 heterocycles. The second-order valence-electron chi connectivity index (χ2n) is 5.35. The molecular weight excluding hydrogens is 561 g/mol. The van der Waals surface area contributed by atoms with Crippen molar-refractivity contribution in [2.45, 2.75) is 16.5 Å². The van der Waals surface area contributed by atoms with Gasteiger partial charge in [0.1, 0.15) is 0 Å². The van der Waals surface area contributed by atoms with Gasteiger partial charge in [-0.05, 0) is 0 Å². The van der Waals surface area contributed by atoms with Crippen LogP contribution in [0.25, 0.3) is 0 Å². The Morgan fingerprint density at radius 2 is 1.67 bits per heavy atom. The quantitative estimate of drug-likeness (QED) is 0.362. The fourth-order valence-corrected chi connectivity index (χ4v) is 8.38. The van der Waals surface area contributed by atoms with Gasteiger partial charge in [-0.2, -0.15) is 0 Å². The first-order chi connectivity index (χ1) is 11.5. The van der Waals surface area contributed by atoms with Crippen LogP contribution in [-0.2, 0) is 37.2 Å². The van der Waals surface area contributed by atoms with E-state index in [1.165, 1.54) is 6.92 Å². The van der Waals surface area contributed by atoms with Crippen molar-refractivity contribution in [3.05, 3.63) is 70.2 Å². The van der Waals surface area contributed by atoms with Gasteiger partial charge in [0.2, 0.25) is 0 Å². The van der Waals surface area contributed by atoms with Gasteiger partial charge in [0.15, 0.2) is 0 Å². The molecule has 2 aromatic carbocycles. The molecule has 2 unspecified atom stereocenters. The van der Waals surface area contributed by atoms with Crippen LogP contribution in [0.2, 0.25) is 3.43 Å². The normalized spacial score (nSPS) is 12.8. The second kappa shape index (κ2) is 9.44. The third-order valence-corrected chi connectivity index (χ3v) is 10.9. The topological polar surface area (TPSA) is 52.6 Å². The molecule has 2 atom stereocenters. The molecule has 2 rings (SSSR count). The molecule has 0 amide bonds. The number of methoxy groups -OCH3 is 1. The number of carbonyl (C=O) groups is 2. The van der Waals surface area contributed by atoms with Gasteiger partial charge in [-0.15, -0.1) is 0 Å². The Bertz CT molecular complexity index is 688. The van der Waals surface area contributed by atoms with Crippen LogP contribution < -0.4 is 0 Å². The summed E-state index contributed by atoms with van der Waals surface area (Å²) in [7, 11) is 1.58. The van der Waals surface area contributed by atoms with Crippen LogP contribution >= 0.6 is 15.9 Å². The summed E-state index contributed by atoms with van der Waals surface area (Å²) in [4.78, 5) is 24.3. The minimum atomic E-state index is -2.32. The van der Waals surface area contributed by atoms with Gasteiger partial charge in [-0.1, -0.05) is 0 Å². The predicted molar refractivity (Wildman–Crippen MR) is 90.2 cm³/mol. The predicted octanol–water partition coefficient (Wildman–Crippen LogP) is 4.37. The van der Waals surface area contributed by atoms with Crippen LogP contribution in [0.5, 0.6) is 0 Å². The molecule has 2 aromatic rings. The van der Waals surface area contributed by atoms with E-state index in [9.17, 15) is 9.59 Å². The summed E-state index contributed by atoms with van der Waals surface area (Å²) < 4.78 is 11.5. The van der Waals surface area contributed by atoms with Crippen LogP contribution in [0.4, 0.5) is 0 Å². The van der Waals surface area contributed by atoms with E-state index in [2.05, 4.69) is 15.9 Å². The summed E-state index contributed by atoms with van der Waals surface area (Å²) in [6.07, 6.45) is -0.400. The van der Waals surface area contributed by atoms with Crippen LogP contribution in [-0.4, -0.2) is 18.9 Å². The third kappa shape index (κ3) is 5.23. The monoisotopic (exact) mass is 578 g/mol. The summed E-state index contributed by atoms with van der Waals surface area (Å²) >= 11 is 1.05. The van der Waals surface area contributed by atoms with Gasteiger partial charge in [0.05, 0.1) is 0 Å². The number of rotatable bonds is 7. The van der Waals surface area contributed by atoms with Crippen molar-refractivity contribution in [2.24, 2.45) is 0 Å². The molecule has 0 fully saturated rings. The number of halogens is 1. The number of hydrogen-bond acceptors (Lipinski definition) is 4. The number of benzene rings is 2. The average Bonchev–Trinajstić information content (AvgIpc) is 2.59. The molecular formula is C18H17BrHgO4. The van der Waals surface area contributed by atoms with Gasteiger partial charge < -0.3 is 0 Å². The van der Waals surface area contributed by atoms with Gasteiger partial charge in [-0.25, -0.2) is 0 Å². The van der Waals surface area contributed by atoms with Crippen molar-refractivity contribution in [3.8, 4) is 0 Å². The molecule has 0 spiro atoms. The zero-order valence-corrected chi connectivity index (χ0v) is 20.7. The van der Waals surface area contributed by atoms with E-state index in [-0.39, 0.29) is 11.8 Å². The van der Waals surface area contributed by atoms with E-state index in [1.54, 1.807) is 19.2 Å². The number of ketones is 1. The Morgan fingerprint density at radius 3 is 2.21 bits per heavy atom. The molecule has 0 aliphatic carbocycles. The van der Waals surface area contributed by atoms with E-state index >= 15 is 0 Å². The first-order valence-electron chi connectivity index (χ1n) is 7.53. The van der Waals surface area contributed by atoms with E-state index in [0.29, 0.717) is 5.56 Å². The summed E-state index contributed by atoms with van der Waals surface area (Å²) in [6.45, 7) is 1.38. The Balaban J connectivity index is 2.33. The summed E-state index contributed by atoms with van der Waals surface area (Å²) in [5, 5.41) is 0. The van der Waals surface area contributed by atoms with E-state index in [1.807, 2.05) is 42.5 Å². The van der Waals surface area contributed by atoms with Crippen molar-refractivity contribution in [1.82, 2.24) is 0 Å². The van der Waals surface area contributed by atoms with Crippen LogP contribution in [0.3, 0.4) is 0 Å². The van der Waals surface area contributed by atoms with Crippen LogP contribution in [0.15, 0.2) is 59.1 Å². The summed E-state index contributed by atoms with van der Waals surface area (Å²) in [5.74, 6) is -0.352. The van der Waals surface area contributed by atoms with Crippen molar-refractivity contribution in [3.63, 3.8) is 0 Å². The summed E-state index contributed by atoms with van der Waals surface area (Å²) in [5.41, 5.74) is 1.52. The zero-order valence-electron chi connectivity index (χ0n) is 13.6. The Kier molecular flexibility index (Phi) is 7.59. The number of hydrogen-bond donors (Lipinski definition) is 0. The zero-order chi connectivity index (χ0) is 17.5. The Morgan fingerprint density at radius 1 is 1.04 bits per heavy atom. The molecule has 24 heavy (non-hydrogen) atoms. The number of ether oxygens (including phenoxy) is 1. The minimum absolute atomic E-state index is 0.0267. The first kappa shape index (κ1) is 19.3. The van der Waals surface area contributed by atoms with E-state index in [0.717, 1.165) is 10.0 Å². The maximum absolute atomic E-state index is 13.0. The van der Waals surface area contributed by atoms with Crippen molar-refractivity contribution in [2.75, 3.05) is 7.11 Å². The number of carbonyl (C=O) groups excluding carboxylic acids is 2. The fraction of sp³-hybridized carbons (Fsp3) is 0.222. The molecule has 0 radical (unpaired) electrons. The summed E-state index contributed by atoms with van der Waals surface area (Å²) in [6, 6.07) is 16.8. The number of Topliss-reactive ketones (excluding diaryl/α,β-unsaturated/α-hetero) is 1. The molecule has 0 saturated carbocycles. The molecule has 0 bridgehead atoms. The van der Waals surface area contributed by atoms with Crippen molar-refractivity contribution < 1.29 is 42.0 Å². The molecule has 0 aromatic heterocycles. The van der Waals surface area contributed by atoms with Crippen molar-refractivity contribution >= 4 is 27.7 Å².